The first kappa shape index (κ1) is 88.1. The van der Waals surface area contributed by atoms with Crippen molar-refractivity contribution in [2.24, 2.45) is 35.2 Å². The molecular formula is C112H164N5+5. The molecule has 0 saturated carbocycles. The van der Waals surface area contributed by atoms with Gasteiger partial charge in [0.15, 0.2) is 31.0 Å². The molecule has 0 radical (unpaired) electrons. The number of rotatable bonds is 21. The number of benzene rings is 5. The van der Waals surface area contributed by atoms with Crippen molar-refractivity contribution in [2.75, 3.05) is 0 Å². The number of aryl methyl sites for hydroxylation is 17. The van der Waals surface area contributed by atoms with Crippen molar-refractivity contribution in [1.82, 2.24) is 0 Å². The zero-order valence-electron chi connectivity index (χ0n) is 87.3. The SMILES string of the molecule is CCC(C)(C)c1c[n+](C)c(-c2ccc(C)cc2C)cc1C.CCC(C)(C)c1cc(-c2ccc(C)cc2C)[n+](C)cc1C(C)(C)CC.CCC(C)(C)c1cc(-c2ccc(C)cc2C)[n+](C)cc1C(C)(C)CC.[2H]C([2H])([2H])c1ccc(-c2cc(C(C)(C)CC)c(C(C)(C)CC)c[n+]2C)c(C)c1.[2H]C([2H])([2H])c1ccc(-c2cc(C)c(C(C)(C)CC)c[n+]2C)c(C)c1. The summed E-state index contributed by atoms with van der Waals surface area (Å²) in [6.07, 6.45) is 20.5. The van der Waals surface area contributed by atoms with E-state index < -0.39 is 13.7 Å². The molecule has 117 heavy (non-hydrogen) atoms. The fourth-order valence-electron chi connectivity index (χ4n) is 16.2. The molecule has 0 bridgehead atoms. The number of aromatic nitrogens is 5. The second-order valence-electron chi connectivity index (χ2n) is 39.9. The Morgan fingerprint density at radius 2 is 0.368 bits per heavy atom. The maximum atomic E-state index is 7.67. The third kappa shape index (κ3) is 23.1. The zero-order valence-corrected chi connectivity index (χ0v) is 81.3. The molecule has 632 valence electrons. The summed E-state index contributed by atoms with van der Waals surface area (Å²) in [7, 11) is 10.7. The van der Waals surface area contributed by atoms with Crippen LogP contribution in [0.15, 0.2) is 152 Å². The van der Waals surface area contributed by atoms with Gasteiger partial charge in [0.1, 0.15) is 35.2 Å². The molecule has 0 fully saturated rings. The van der Waals surface area contributed by atoms with Crippen LogP contribution in [0.3, 0.4) is 0 Å². The summed E-state index contributed by atoms with van der Waals surface area (Å²) >= 11 is 0. The summed E-state index contributed by atoms with van der Waals surface area (Å²) < 4.78 is 57.0. The second kappa shape index (κ2) is 38.9. The maximum absolute atomic E-state index is 7.67. The van der Waals surface area contributed by atoms with E-state index >= 15 is 0 Å². The first-order valence-corrected chi connectivity index (χ1v) is 44.2. The Bertz CT molecular complexity index is 5220. The Morgan fingerprint density at radius 3 is 0.556 bits per heavy atom. The summed E-state index contributed by atoms with van der Waals surface area (Å²) in [5.74, 6) is 0. The average Bonchev–Trinajstić information content (AvgIpc) is 0.776. The van der Waals surface area contributed by atoms with Crippen molar-refractivity contribution in [1.29, 1.82) is 0 Å². The van der Waals surface area contributed by atoms with Gasteiger partial charge in [-0.2, -0.15) is 0 Å². The third-order valence-electron chi connectivity index (χ3n) is 27.7. The van der Waals surface area contributed by atoms with E-state index in [2.05, 4.69) is 396 Å². The quantitative estimate of drug-likeness (QED) is 0.0639. The molecule has 10 aromatic rings. The standard InChI is InChI=1S/3C24H36N.2C20H28N/c3*1-10-23(5,6)20-15-22(19-13-12-17(3)14-18(19)4)25(9)16-21(20)24(7,8)11-2;2*1-8-20(5,6)18-13-21(7)19(12-16(18)4)17-10-9-14(2)11-15(17)3/h3*12-16H,10-11H2,1-9H3;2*9-13H,8H2,1-7H3/q5*+1/i3D3;;;2D3;. The highest BCUT2D eigenvalue weighted by atomic mass is 14.9. The molecule has 0 aliphatic rings. The third-order valence-corrected chi connectivity index (χ3v) is 27.7. The highest BCUT2D eigenvalue weighted by Crippen LogP contribution is 2.44. The van der Waals surface area contributed by atoms with Gasteiger partial charge in [-0.15, -0.1) is 0 Å². The van der Waals surface area contributed by atoms with E-state index in [4.69, 9.17) is 8.22 Å². The van der Waals surface area contributed by atoms with E-state index in [1.165, 1.54) is 123 Å². The molecule has 10 rings (SSSR count). The van der Waals surface area contributed by atoms with Crippen LogP contribution in [0, 0.1) is 82.9 Å². The summed E-state index contributed by atoms with van der Waals surface area (Å²) in [6, 6.07) is 42.9. The van der Waals surface area contributed by atoms with Gasteiger partial charge < -0.3 is 0 Å². The lowest BCUT2D eigenvalue weighted by Gasteiger charge is -2.32. The minimum absolute atomic E-state index is 0.0668. The lowest BCUT2D eigenvalue weighted by atomic mass is 9.71. The minimum atomic E-state index is -2.07. The molecule has 0 aliphatic carbocycles. The fraction of sp³-hybridized carbons (Fsp3) is 0.509. The molecule has 0 spiro atoms. The van der Waals surface area contributed by atoms with Crippen LogP contribution in [-0.2, 0) is 78.6 Å². The van der Waals surface area contributed by atoms with Crippen molar-refractivity contribution < 1.29 is 31.1 Å². The second-order valence-corrected chi connectivity index (χ2v) is 39.9. The van der Waals surface area contributed by atoms with Gasteiger partial charge in [-0.05, 0) is 264 Å². The van der Waals surface area contributed by atoms with E-state index in [9.17, 15) is 0 Å². The van der Waals surface area contributed by atoms with E-state index in [1.807, 2.05) is 26.0 Å². The van der Waals surface area contributed by atoms with Crippen LogP contribution in [0.25, 0.3) is 56.3 Å². The van der Waals surface area contributed by atoms with Crippen molar-refractivity contribution in [3.63, 3.8) is 0 Å². The first-order chi connectivity index (χ1) is 56.5. The van der Waals surface area contributed by atoms with Crippen LogP contribution >= 0.6 is 0 Å². The molecule has 0 N–H and O–H groups in total. The first-order valence-electron chi connectivity index (χ1n) is 47.2. The Labute approximate surface area is 725 Å². The van der Waals surface area contributed by atoms with Gasteiger partial charge in [0.2, 0.25) is 28.5 Å². The van der Waals surface area contributed by atoms with Gasteiger partial charge >= 0.3 is 0 Å². The molecule has 0 aliphatic heterocycles. The molecule has 0 unspecified atom stereocenters. The van der Waals surface area contributed by atoms with Crippen LogP contribution in [-0.4, -0.2) is 0 Å². The summed E-state index contributed by atoms with van der Waals surface area (Å²) in [5, 5.41) is 0. The van der Waals surface area contributed by atoms with Gasteiger partial charge in [0.05, 0.1) is 0 Å². The summed E-state index contributed by atoms with van der Waals surface area (Å²) in [4.78, 5) is 0. The van der Waals surface area contributed by atoms with Crippen molar-refractivity contribution in [3.05, 3.63) is 264 Å². The van der Waals surface area contributed by atoms with Gasteiger partial charge in [-0.1, -0.05) is 255 Å². The molecule has 0 amide bonds. The fourth-order valence-corrected chi connectivity index (χ4v) is 16.2. The lowest BCUT2D eigenvalue weighted by molar-refractivity contribution is -0.661. The molecule has 0 saturated heterocycles. The van der Waals surface area contributed by atoms with Gasteiger partial charge in [0, 0.05) is 94.2 Å². The molecule has 5 heterocycles. The highest BCUT2D eigenvalue weighted by molar-refractivity contribution is 5.67. The minimum Gasteiger partial charge on any atom is -0.201 e. The van der Waals surface area contributed by atoms with E-state index in [0.29, 0.717) is 11.1 Å². The predicted octanol–water partition coefficient (Wildman–Crippen LogP) is 28.1. The van der Waals surface area contributed by atoms with E-state index in [-0.39, 0.29) is 43.3 Å². The summed E-state index contributed by atoms with van der Waals surface area (Å²) in [5.41, 5.74) is 38.5. The van der Waals surface area contributed by atoms with Crippen LogP contribution in [0.2, 0.25) is 0 Å². The molecular weight excluding hydrogens is 1420 g/mol. The smallest absolute Gasteiger partial charge is 0.201 e. The Balaban J connectivity index is 0.000000238. The Kier molecular flexibility index (Phi) is 29.3. The monoisotopic (exact) mass is 1590 g/mol. The van der Waals surface area contributed by atoms with Crippen molar-refractivity contribution >= 4 is 0 Å². The normalized spacial score (nSPS) is 13.2. The molecule has 5 nitrogen and oxygen atoms in total. The van der Waals surface area contributed by atoms with Gasteiger partial charge in [-0.25, -0.2) is 22.8 Å². The lowest BCUT2D eigenvalue weighted by Crippen LogP contribution is -2.37. The largest absolute Gasteiger partial charge is 0.212 e. The van der Waals surface area contributed by atoms with E-state index in [0.717, 1.165) is 85.0 Å². The average molecular weight is 1590 g/mol. The molecule has 5 aromatic heterocycles. The predicted molar refractivity (Wildman–Crippen MR) is 509 cm³/mol. The van der Waals surface area contributed by atoms with Crippen molar-refractivity contribution in [3.8, 4) is 56.3 Å². The van der Waals surface area contributed by atoms with Crippen molar-refractivity contribution in [2.45, 2.75) is 344 Å². The van der Waals surface area contributed by atoms with Crippen LogP contribution in [0.4, 0.5) is 0 Å². The van der Waals surface area contributed by atoms with Crippen LogP contribution < -0.4 is 22.8 Å². The highest BCUT2D eigenvalue weighted by Gasteiger charge is 2.38. The zero-order chi connectivity index (χ0) is 93.5. The summed E-state index contributed by atoms with van der Waals surface area (Å²) in [6.45, 7) is 72.9. The van der Waals surface area contributed by atoms with Crippen LogP contribution in [0.1, 0.15) is 337 Å². The number of hydrogen-bond donors (Lipinski definition) is 0. The van der Waals surface area contributed by atoms with E-state index in [1.54, 1.807) is 24.3 Å². The number of hydrogen-bond acceptors (Lipinski definition) is 0. The number of pyridine rings is 5. The topological polar surface area (TPSA) is 19.4 Å². The Hall–Kier alpha value is -8.15. The molecule has 5 aromatic carbocycles. The molecule has 0 atom stereocenters. The van der Waals surface area contributed by atoms with Crippen LogP contribution in [0.5, 0.6) is 0 Å². The molecule has 5 heteroatoms. The van der Waals surface area contributed by atoms with Gasteiger partial charge in [0.25, 0.3) is 0 Å². The number of nitrogens with zero attached hydrogens (tertiary/aromatic N) is 5. The Morgan fingerprint density at radius 1 is 0.205 bits per heavy atom. The van der Waals surface area contributed by atoms with Gasteiger partial charge in [-0.3, -0.25) is 0 Å². The maximum Gasteiger partial charge on any atom is 0.212 e.